The maximum atomic E-state index is 10.5. The van der Waals surface area contributed by atoms with Crippen molar-refractivity contribution in [3.63, 3.8) is 0 Å². The van der Waals surface area contributed by atoms with Gasteiger partial charge in [0.15, 0.2) is 5.69 Å². The molecule has 0 unspecified atom stereocenters. The van der Waals surface area contributed by atoms with E-state index >= 15 is 0 Å². The van der Waals surface area contributed by atoms with E-state index < -0.39 is 5.97 Å². The molecule has 92 valence electrons. The van der Waals surface area contributed by atoms with Crippen LogP contribution in [0.4, 0.5) is 0 Å². The number of nitriles is 1. The number of aryl methyl sites for hydroxylation is 2. The van der Waals surface area contributed by atoms with Gasteiger partial charge in [0.05, 0.1) is 5.52 Å². The third-order valence-corrected chi connectivity index (χ3v) is 2.84. The van der Waals surface area contributed by atoms with E-state index in [1.807, 2.05) is 29.7 Å². The van der Waals surface area contributed by atoms with Crippen LogP contribution in [0.1, 0.15) is 29.9 Å². The number of aromatic nitrogens is 2. The molecular weight excluding hydrogens is 230 g/mol. The molecule has 5 heteroatoms. The summed E-state index contributed by atoms with van der Waals surface area (Å²) in [6.07, 6.45) is 3.04. The Morgan fingerprint density at radius 1 is 1.61 bits per heavy atom. The van der Waals surface area contributed by atoms with Gasteiger partial charge in [-0.25, -0.2) is 4.98 Å². The Hall–Kier alpha value is -2.35. The number of nitrogens with zero attached hydrogens (tertiary/aromatic N) is 3. The molecule has 0 saturated carbocycles. The van der Waals surface area contributed by atoms with Gasteiger partial charge in [0, 0.05) is 19.0 Å². The van der Waals surface area contributed by atoms with Crippen LogP contribution in [0.25, 0.3) is 5.52 Å². The van der Waals surface area contributed by atoms with E-state index in [0.29, 0.717) is 18.5 Å². The molecule has 0 fully saturated rings. The summed E-state index contributed by atoms with van der Waals surface area (Å²) < 4.78 is 1.87. The van der Waals surface area contributed by atoms with Gasteiger partial charge in [0.1, 0.15) is 11.9 Å². The van der Waals surface area contributed by atoms with E-state index in [-0.39, 0.29) is 6.42 Å². The average Bonchev–Trinajstić information content (AvgIpc) is 2.69. The molecule has 0 amide bonds. The van der Waals surface area contributed by atoms with Gasteiger partial charge in [0.25, 0.3) is 0 Å². The zero-order valence-electron chi connectivity index (χ0n) is 10.1. The van der Waals surface area contributed by atoms with Crippen LogP contribution < -0.4 is 0 Å². The summed E-state index contributed by atoms with van der Waals surface area (Å²) in [5.74, 6) is -0.0703. The maximum absolute atomic E-state index is 10.5. The van der Waals surface area contributed by atoms with E-state index in [1.165, 1.54) is 0 Å². The van der Waals surface area contributed by atoms with Gasteiger partial charge in [-0.2, -0.15) is 5.26 Å². The summed E-state index contributed by atoms with van der Waals surface area (Å²) in [6.45, 7) is 1.93. The number of rotatable bonds is 4. The predicted octanol–water partition coefficient (Wildman–Crippen LogP) is 1.92. The van der Waals surface area contributed by atoms with Crippen molar-refractivity contribution in [2.24, 2.45) is 0 Å². The molecule has 2 heterocycles. The maximum Gasteiger partial charge on any atom is 0.303 e. The summed E-state index contributed by atoms with van der Waals surface area (Å²) in [7, 11) is 0. The van der Waals surface area contributed by atoms with Crippen LogP contribution in [0, 0.1) is 18.3 Å². The van der Waals surface area contributed by atoms with Crippen LogP contribution >= 0.6 is 0 Å². The first-order valence-electron chi connectivity index (χ1n) is 5.72. The van der Waals surface area contributed by atoms with Gasteiger partial charge in [-0.05, 0) is 25.0 Å². The fraction of sp³-hybridized carbons (Fsp3) is 0.308. The molecule has 2 rings (SSSR count). The molecule has 0 aliphatic rings. The molecule has 2 aromatic heterocycles. The van der Waals surface area contributed by atoms with Crippen molar-refractivity contribution < 1.29 is 9.90 Å². The topological polar surface area (TPSA) is 78.4 Å². The number of hydrogen-bond donors (Lipinski definition) is 1. The highest BCUT2D eigenvalue weighted by atomic mass is 16.4. The zero-order valence-corrected chi connectivity index (χ0v) is 10.1. The Bertz CT molecular complexity index is 637. The number of carboxylic acids is 1. The lowest BCUT2D eigenvalue weighted by Gasteiger charge is -2.01. The minimum Gasteiger partial charge on any atom is -0.481 e. The highest BCUT2D eigenvalue weighted by molar-refractivity contribution is 5.66. The fourth-order valence-electron chi connectivity index (χ4n) is 2.02. The van der Waals surface area contributed by atoms with Crippen molar-refractivity contribution in [1.29, 1.82) is 5.26 Å². The first-order chi connectivity index (χ1) is 8.63. The van der Waals surface area contributed by atoms with Crippen molar-refractivity contribution in [2.45, 2.75) is 26.2 Å². The second kappa shape index (κ2) is 4.88. The molecule has 1 N–H and O–H groups in total. The number of carboxylic acid groups (broad SMARTS) is 1. The zero-order chi connectivity index (χ0) is 13.1. The Morgan fingerprint density at radius 2 is 2.39 bits per heavy atom. The second-order valence-corrected chi connectivity index (χ2v) is 4.15. The largest absolute Gasteiger partial charge is 0.481 e. The standard InChI is InChI=1S/C13H13N3O2/c1-9-4-3-7-16-11(5-2-6-12(17)18)15-10(8-14)13(9)16/h3-4,7H,2,5-6H2,1H3,(H,17,18). The lowest BCUT2D eigenvalue weighted by molar-refractivity contribution is -0.137. The normalized spacial score (nSPS) is 10.4. The highest BCUT2D eigenvalue weighted by Crippen LogP contribution is 2.17. The minimum absolute atomic E-state index is 0.114. The van der Waals surface area contributed by atoms with Gasteiger partial charge in [-0.15, -0.1) is 0 Å². The van der Waals surface area contributed by atoms with E-state index in [1.54, 1.807) is 0 Å². The average molecular weight is 243 g/mol. The Balaban J connectivity index is 2.37. The quantitative estimate of drug-likeness (QED) is 0.889. The number of aliphatic carboxylic acids is 1. The molecule has 2 aromatic rings. The molecule has 0 aromatic carbocycles. The van der Waals surface area contributed by atoms with Crippen LogP contribution in [-0.2, 0) is 11.2 Å². The Labute approximate surface area is 104 Å². The molecule has 0 saturated heterocycles. The monoisotopic (exact) mass is 243 g/mol. The van der Waals surface area contributed by atoms with Gasteiger partial charge in [-0.1, -0.05) is 6.07 Å². The summed E-state index contributed by atoms with van der Waals surface area (Å²) in [5, 5.41) is 17.7. The van der Waals surface area contributed by atoms with Crippen molar-refractivity contribution in [3.05, 3.63) is 35.4 Å². The molecule has 5 nitrogen and oxygen atoms in total. The molecule has 0 aliphatic heterocycles. The molecule has 0 aliphatic carbocycles. The molecule has 0 spiro atoms. The third-order valence-electron chi connectivity index (χ3n) is 2.84. The number of fused-ring (bicyclic) bond motifs is 1. The van der Waals surface area contributed by atoms with Crippen molar-refractivity contribution in [1.82, 2.24) is 9.38 Å². The number of imidazole rings is 1. The second-order valence-electron chi connectivity index (χ2n) is 4.15. The van der Waals surface area contributed by atoms with Crippen LogP contribution in [0.2, 0.25) is 0 Å². The molecule has 18 heavy (non-hydrogen) atoms. The lowest BCUT2D eigenvalue weighted by Crippen LogP contribution is -1.99. The number of carbonyl (C=O) groups is 1. The Morgan fingerprint density at radius 3 is 3.06 bits per heavy atom. The van der Waals surface area contributed by atoms with Crippen LogP contribution in [0.3, 0.4) is 0 Å². The molecule has 0 atom stereocenters. The molecule has 0 bridgehead atoms. The number of hydrogen-bond acceptors (Lipinski definition) is 3. The van der Waals surface area contributed by atoms with E-state index in [9.17, 15) is 4.79 Å². The minimum atomic E-state index is -0.812. The van der Waals surface area contributed by atoms with Crippen LogP contribution in [-0.4, -0.2) is 20.5 Å². The summed E-state index contributed by atoms with van der Waals surface area (Å²) >= 11 is 0. The first-order valence-corrected chi connectivity index (χ1v) is 5.72. The Kier molecular flexibility index (Phi) is 3.28. The van der Waals surface area contributed by atoms with Crippen LogP contribution in [0.15, 0.2) is 18.3 Å². The van der Waals surface area contributed by atoms with Gasteiger partial charge >= 0.3 is 5.97 Å². The summed E-state index contributed by atoms with van der Waals surface area (Å²) in [6, 6.07) is 5.91. The number of pyridine rings is 1. The van der Waals surface area contributed by atoms with E-state index in [0.717, 1.165) is 16.9 Å². The predicted molar refractivity (Wildman–Crippen MR) is 65.2 cm³/mol. The van der Waals surface area contributed by atoms with Gasteiger partial charge in [-0.3, -0.25) is 4.79 Å². The van der Waals surface area contributed by atoms with Crippen molar-refractivity contribution in [3.8, 4) is 6.07 Å². The van der Waals surface area contributed by atoms with Gasteiger partial charge in [0.2, 0.25) is 0 Å². The van der Waals surface area contributed by atoms with Crippen LogP contribution in [0.5, 0.6) is 0 Å². The fourth-order valence-corrected chi connectivity index (χ4v) is 2.02. The van der Waals surface area contributed by atoms with Crippen molar-refractivity contribution in [2.75, 3.05) is 0 Å². The lowest BCUT2D eigenvalue weighted by atomic mass is 10.2. The summed E-state index contributed by atoms with van der Waals surface area (Å²) in [4.78, 5) is 14.8. The smallest absolute Gasteiger partial charge is 0.303 e. The first kappa shape index (κ1) is 12.1. The SMILES string of the molecule is Cc1cccn2c(CCCC(=O)O)nc(C#N)c12. The third kappa shape index (κ3) is 2.18. The summed E-state index contributed by atoms with van der Waals surface area (Å²) in [5.41, 5.74) is 2.20. The molecule has 0 radical (unpaired) electrons. The van der Waals surface area contributed by atoms with Crippen molar-refractivity contribution >= 4 is 11.5 Å². The van der Waals surface area contributed by atoms with E-state index in [4.69, 9.17) is 10.4 Å². The van der Waals surface area contributed by atoms with E-state index in [2.05, 4.69) is 11.1 Å². The highest BCUT2D eigenvalue weighted by Gasteiger charge is 2.12. The van der Waals surface area contributed by atoms with Gasteiger partial charge < -0.3 is 9.51 Å². The molecular formula is C13H13N3O2.